The van der Waals surface area contributed by atoms with Crippen LogP contribution in [0.25, 0.3) is 0 Å². The van der Waals surface area contributed by atoms with Gasteiger partial charge in [-0.05, 0) is 49.7 Å². The van der Waals surface area contributed by atoms with Crippen molar-refractivity contribution >= 4 is 27.3 Å². The summed E-state index contributed by atoms with van der Waals surface area (Å²) in [6, 6.07) is 9.22. The number of hydrogen-bond acceptors (Lipinski definition) is 5. The Hall–Kier alpha value is -1.95. The van der Waals surface area contributed by atoms with Crippen molar-refractivity contribution in [3.63, 3.8) is 0 Å². The third-order valence-corrected chi connectivity index (χ3v) is 6.15. The summed E-state index contributed by atoms with van der Waals surface area (Å²) in [5, 5.41) is 4.43. The Labute approximate surface area is 171 Å². The van der Waals surface area contributed by atoms with Gasteiger partial charge in [-0.15, -0.1) is 11.3 Å². The van der Waals surface area contributed by atoms with Crippen LogP contribution in [0.1, 0.15) is 21.7 Å². The Bertz CT molecular complexity index is 901. The lowest BCUT2D eigenvalue weighted by Gasteiger charge is -2.18. The SMILES string of the molecule is CN(CCCNC(=O)c1cccc(S(=O)(=O)NCc2cccs2)c1)CC(F)(F)F. The van der Waals surface area contributed by atoms with Crippen molar-refractivity contribution in [3.05, 3.63) is 52.2 Å². The molecule has 1 aromatic heterocycles. The van der Waals surface area contributed by atoms with E-state index in [-0.39, 0.29) is 30.1 Å². The number of carbonyl (C=O) groups is 1. The maximum Gasteiger partial charge on any atom is 0.401 e. The fourth-order valence-corrected chi connectivity index (χ4v) is 4.29. The highest BCUT2D eigenvalue weighted by molar-refractivity contribution is 7.89. The summed E-state index contributed by atoms with van der Waals surface area (Å²) in [5.41, 5.74) is 0.160. The van der Waals surface area contributed by atoms with E-state index in [0.717, 1.165) is 9.78 Å². The van der Waals surface area contributed by atoms with E-state index in [1.54, 1.807) is 0 Å². The van der Waals surface area contributed by atoms with Gasteiger partial charge < -0.3 is 5.32 Å². The van der Waals surface area contributed by atoms with Crippen molar-refractivity contribution in [2.24, 2.45) is 0 Å². The van der Waals surface area contributed by atoms with Crippen LogP contribution in [-0.2, 0) is 16.6 Å². The molecule has 0 spiro atoms. The second-order valence-electron chi connectivity index (χ2n) is 6.39. The van der Waals surface area contributed by atoms with Crippen molar-refractivity contribution in [2.75, 3.05) is 26.7 Å². The van der Waals surface area contributed by atoms with Crippen LogP contribution in [-0.4, -0.2) is 52.1 Å². The molecule has 2 N–H and O–H groups in total. The zero-order chi connectivity index (χ0) is 21.5. The average molecular weight is 450 g/mol. The van der Waals surface area contributed by atoms with E-state index in [4.69, 9.17) is 0 Å². The Balaban J connectivity index is 1.87. The zero-order valence-electron chi connectivity index (χ0n) is 15.7. The van der Waals surface area contributed by atoms with Crippen molar-refractivity contribution < 1.29 is 26.4 Å². The van der Waals surface area contributed by atoms with Crippen molar-refractivity contribution in [1.82, 2.24) is 14.9 Å². The first kappa shape index (κ1) is 23.3. The minimum Gasteiger partial charge on any atom is -0.352 e. The third-order valence-electron chi connectivity index (χ3n) is 3.87. The van der Waals surface area contributed by atoms with E-state index in [2.05, 4.69) is 10.0 Å². The summed E-state index contributed by atoms with van der Waals surface area (Å²) in [7, 11) is -2.43. The number of alkyl halides is 3. The highest BCUT2D eigenvalue weighted by atomic mass is 32.2. The standard InChI is InChI=1S/C18H22F3N3O3S2/c1-24(13-18(19,20)21)9-4-8-22-17(25)14-5-2-7-16(11-14)29(26,27)23-12-15-6-3-10-28-15/h2-3,5-7,10-11,23H,4,8-9,12-13H2,1H3,(H,22,25). The van der Waals surface area contributed by atoms with Gasteiger partial charge in [-0.25, -0.2) is 13.1 Å². The molecule has 0 saturated heterocycles. The first-order chi connectivity index (χ1) is 13.6. The smallest absolute Gasteiger partial charge is 0.352 e. The molecule has 0 aliphatic carbocycles. The number of nitrogens with zero attached hydrogens (tertiary/aromatic N) is 1. The first-order valence-corrected chi connectivity index (χ1v) is 11.1. The molecular formula is C18H22F3N3O3S2. The molecule has 1 heterocycles. The summed E-state index contributed by atoms with van der Waals surface area (Å²) in [6.45, 7) is -0.517. The molecule has 1 amide bonds. The lowest BCUT2D eigenvalue weighted by Crippen LogP contribution is -2.33. The Morgan fingerprint density at radius 1 is 1.21 bits per heavy atom. The van der Waals surface area contributed by atoms with Crippen LogP contribution >= 0.6 is 11.3 Å². The third kappa shape index (κ3) is 8.13. The van der Waals surface area contributed by atoms with Crippen molar-refractivity contribution in [3.8, 4) is 0 Å². The first-order valence-electron chi connectivity index (χ1n) is 8.72. The molecule has 2 rings (SSSR count). The molecule has 6 nitrogen and oxygen atoms in total. The van der Waals surface area contributed by atoms with Crippen LogP contribution in [0.2, 0.25) is 0 Å². The highest BCUT2D eigenvalue weighted by Crippen LogP contribution is 2.16. The van der Waals surface area contributed by atoms with Crippen molar-refractivity contribution in [2.45, 2.75) is 24.0 Å². The van der Waals surface area contributed by atoms with Gasteiger partial charge in [-0.3, -0.25) is 9.69 Å². The van der Waals surface area contributed by atoms with Crippen molar-refractivity contribution in [1.29, 1.82) is 0 Å². The normalized spacial score (nSPS) is 12.3. The summed E-state index contributed by atoms with van der Waals surface area (Å²) < 4.78 is 64.1. The predicted octanol–water partition coefficient (Wildman–Crippen LogP) is 2.84. The molecule has 2 aromatic rings. The molecule has 0 bridgehead atoms. The summed E-state index contributed by atoms with van der Waals surface area (Å²) >= 11 is 1.43. The van der Waals surface area contributed by atoms with E-state index in [0.29, 0.717) is 6.42 Å². The van der Waals surface area contributed by atoms with Gasteiger partial charge in [0.15, 0.2) is 0 Å². The number of nitrogens with one attached hydrogen (secondary N) is 2. The van der Waals surface area contributed by atoms with E-state index in [1.807, 2.05) is 17.5 Å². The van der Waals surface area contributed by atoms with E-state index >= 15 is 0 Å². The zero-order valence-corrected chi connectivity index (χ0v) is 17.3. The molecule has 11 heteroatoms. The van der Waals surface area contributed by atoms with Gasteiger partial charge in [0, 0.05) is 23.5 Å². The fraction of sp³-hybridized carbons (Fsp3) is 0.389. The Morgan fingerprint density at radius 3 is 2.62 bits per heavy atom. The largest absolute Gasteiger partial charge is 0.401 e. The second kappa shape index (κ2) is 10.2. The maximum atomic E-state index is 12.4. The molecule has 160 valence electrons. The van der Waals surface area contributed by atoms with Crippen LogP contribution < -0.4 is 10.0 Å². The minimum atomic E-state index is -4.26. The topological polar surface area (TPSA) is 78.5 Å². The number of thiophene rings is 1. The molecule has 0 radical (unpaired) electrons. The summed E-state index contributed by atoms with van der Waals surface area (Å²) in [4.78, 5) is 14.2. The van der Waals surface area contributed by atoms with Gasteiger partial charge in [0.25, 0.3) is 5.91 Å². The van der Waals surface area contributed by atoms with Crippen LogP contribution in [0, 0.1) is 0 Å². The molecular weight excluding hydrogens is 427 g/mol. The number of rotatable bonds is 10. The fourth-order valence-electron chi connectivity index (χ4n) is 2.51. The number of benzene rings is 1. The molecule has 0 atom stereocenters. The molecule has 0 unspecified atom stereocenters. The number of sulfonamides is 1. The van der Waals surface area contributed by atoms with Crippen LogP contribution in [0.4, 0.5) is 13.2 Å². The Morgan fingerprint density at radius 2 is 1.97 bits per heavy atom. The average Bonchev–Trinajstić information content (AvgIpc) is 3.16. The molecule has 29 heavy (non-hydrogen) atoms. The second-order valence-corrected chi connectivity index (χ2v) is 9.19. The molecule has 1 aromatic carbocycles. The monoisotopic (exact) mass is 449 g/mol. The Kier molecular flexibility index (Phi) is 8.20. The summed E-state index contributed by atoms with van der Waals surface area (Å²) in [5.74, 6) is -0.487. The van der Waals surface area contributed by atoms with Gasteiger partial charge >= 0.3 is 6.18 Å². The quantitative estimate of drug-likeness (QED) is 0.547. The van der Waals surface area contributed by atoms with Crippen LogP contribution in [0.15, 0.2) is 46.7 Å². The number of carbonyl (C=O) groups excluding carboxylic acids is 1. The van der Waals surface area contributed by atoms with Crippen LogP contribution in [0.3, 0.4) is 0 Å². The lowest BCUT2D eigenvalue weighted by molar-refractivity contribution is -0.143. The predicted molar refractivity (Wildman–Crippen MR) is 105 cm³/mol. The van der Waals surface area contributed by atoms with Gasteiger partial charge in [0.05, 0.1) is 11.4 Å². The molecule has 0 saturated carbocycles. The van der Waals surface area contributed by atoms with Gasteiger partial charge in [-0.1, -0.05) is 12.1 Å². The maximum absolute atomic E-state index is 12.4. The van der Waals surface area contributed by atoms with Gasteiger partial charge in [-0.2, -0.15) is 13.2 Å². The highest BCUT2D eigenvalue weighted by Gasteiger charge is 2.28. The van der Waals surface area contributed by atoms with E-state index < -0.39 is 28.7 Å². The van der Waals surface area contributed by atoms with Gasteiger partial charge in [0.1, 0.15) is 0 Å². The number of amides is 1. The molecule has 0 aliphatic heterocycles. The van der Waals surface area contributed by atoms with Crippen LogP contribution in [0.5, 0.6) is 0 Å². The number of hydrogen-bond donors (Lipinski definition) is 2. The summed E-state index contributed by atoms with van der Waals surface area (Å²) in [6.07, 6.45) is -3.93. The molecule has 0 fully saturated rings. The number of halogens is 3. The van der Waals surface area contributed by atoms with Gasteiger partial charge in [0.2, 0.25) is 10.0 Å². The van der Waals surface area contributed by atoms with E-state index in [1.165, 1.54) is 42.6 Å². The molecule has 0 aliphatic rings. The lowest BCUT2D eigenvalue weighted by atomic mass is 10.2. The minimum absolute atomic E-state index is 0.0355. The van der Waals surface area contributed by atoms with E-state index in [9.17, 15) is 26.4 Å².